The maximum atomic E-state index is 5.47. The number of hydrogen-bond donors (Lipinski definition) is 3. The Kier molecular flexibility index (Phi) is 4.74. The second-order valence-corrected chi connectivity index (χ2v) is 4.61. The van der Waals surface area contributed by atoms with E-state index in [2.05, 4.69) is 41.7 Å². The highest BCUT2D eigenvalue weighted by Gasteiger charge is 2.09. The van der Waals surface area contributed by atoms with Crippen LogP contribution in [-0.4, -0.2) is 5.84 Å². The van der Waals surface area contributed by atoms with Gasteiger partial charge < -0.3 is 11.3 Å². The summed E-state index contributed by atoms with van der Waals surface area (Å²) in [6, 6.07) is 16.5. The van der Waals surface area contributed by atoms with Gasteiger partial charge in [0.15, 0.2) is 5.84 Å². The van der Waals surface area contributed by atoms with Crippen molar-refractivity contribution >= 4 is 5.84 Å². The maximum Gasteiger partial charge on any atom is 0.167 e. The van der Waals surface area contributed by atoms with Gasteiger partial charge in [0.2, 0.25) is 0 Å². The van der Waals surface area contributed by atoms with Crippen LogP contribution in [0.25, 0.3) is 11.1 Å². The Morgan fingerprint density at radius 2 is 1.80 bits per heavy atom. The van der Waals surface area contributed by atoms with Gasteiger partial charge in [0.25, 0.3) is 0 Å². The number of aryl methyl sites for hydroxylation is 1. The van der Waals surface area contributed by atoms with Gasteiger partial charge in [-0.3, -0.25) is 0 Å². The first-order valence-electron chi connectivity index (χ1n) is 6.73. The quantitative estimate of drug-likeness (QED) is 0.345. The molecule has 2 aromatic carbocycles. The molecular formula is C16H20N4. The van der Waals surface area contributed by atoms with E-state index in [1.807, 2.05) is 24.3 Å². The zero-order valence-corrected chi connectivity index (χ0v) is 11.6. The zero-order chi connectivity index (χ0) is 14.4. The standard InChI is InChI=1S/C16H20N4/c1-2-5-12-8-10-13(11-9-12)14-6-3-4-7-15(14)16(19-17)20-18/h3-4,6-11H,2,5,17-18H2,1H3,(H,19,20). The summed E-state index contributed by atoms with van der Waals surface area (Å²) in [6.45, 7) is 2.18. The third-order valence-electron chi connectivity index (χ3n) is 3.25. The molecule has 104 valence electrons. The maximum absolute atomic E-state index is 5.47. The molecule has 20 heavy (non-hydrogen) atoms. The van der Waals surface area contributed by atoms with E-state index >= 15 is 0 Å². The molecule has 0 radical (unpaired) electrons. The molecule has 0 bridgehead atoms. The van der Waals surface area contributed by atoms with Gasteiger partial charge in [0, 0.05) is 5.56 Å². The van der Waals surface area contributed by atoms with Gasteiger partial charge in [-0.15, -0.1) is 0 Å². The van der Waals surface area contributed by atoms with Crippen molar-refractivity contribution in [3.8, 4) is 11.1 Å². The predicted molar refractivity (Wildman–Crippen MR) is 83.9 cm³/mol. The fourth-order valence-corrected chi connectivity index (χ4v) is 2.27. The molecular weight excluding hydrogens is 248 g/mol. The van der Waals surface area contributed by atoms with Crippen LogP contribution in [0.1, 0.15) is 24.5 Å². The lowest BCUT2D eigenvalue weighted by molar-refractivity contribution is 0.922. The Hall–Kier alpha value is -2.33. The number of amidine groups is 1. The van der Waals surface area contributed by atoms with E-state index in [1.54, 1.807) is 0 Å². The lowest BCUT2D eigenvalue weighted by Gasteiger charge is -2.11. The smallest absolute Gasteiger partial charge is 0.167 e. The van der Waals surface area contributed by atoms with Crippen molar-refractivity contribution in [1.29, 1.82) is 0 Å². The molecule has 0 aliphatic carbocycles. The van der Waals surface area contributed by atoms with Crippen LogP contribution in [0.2, 0.25) is 0 Å². The lowest BCUT2D eigenvalue weighted by Crippen LogP contribution is -2.32. The first kappa shape index (κ1) is 14.1. The minimum Gasteiger partial charge on any atom is -0.321 e. The first-order valence-corrected chi connectivity index (χ1v) is 6.73. The molecule has 2 aromatic rings. The van der Waals surface area contributed by atoms with E-state index in [0.29, 0.717) is 5.84 Å². The van der Waals surface area contributed by atoms with Crippen molar-refractivity contribution in [3.63, 3.8) is 0 Å². The van der Waals surface area contributed by atoms with Gasteiger partial charge in [0.05, 0.1) is 0 Å². The van der Waals surface area contributed by atoms with Gasteiger partial charge in [-0.1, -0.05) is 61.9 Å². The number of nitrogens with zero attached hydrogens (tertiary/aromatic N) is 1. The second kappa shape index (κ2) is 6.73. The highest BCUT2D eigenvalue weighted by atomic mass is 15.3. The summed E-state index contributed by atoms with van der Waals surface area (Å²) in [5.41, 5.74) is 6.95. The molecule has 0 aliphatic rings. The summed E-state index contributed by atoms with van der Waals surface area (Å²) < 4.78 is 0. The number of hydrogen-bond acceptors (Lipinski definition) is 3. The summed E-state index contributed by atoms with van der Waals surface area (Å²) in [6.07, 6.45) is 2.25. The van der Waals surface area contributed by atoms with Crippen LogP contribution in [-0.2, 0) is 6.42 Å². The molecule has 0 aliphatic heterocycles. The Balaban J connectivity index is 2.42. The van der Waals surface area contributed by atoms with Crippen molar-refractivity contribution in [1.82, 2.24) is 5.43 Å². The highest BCUT2D eigenvalue weighted by Crippen LogP contribution is 2.24. The molecule has 0 saturated heterocycles. The number of hydrazone groups is 1. The Bertz CT molecular complexity index is 588. The van der Waals surface area contributed by atoms with Gasteiger partial charge >= 0.3 is 0 Å². The third kappa shape index (κ3) is 2.97. The van der Waals surface area contributed by atoms with Gasteiger partial charge in [0.1, 0.15) is 0 Å². The molecule has 0 amide bonds. The molecule has 4 heteroatoms. The highest BCUT2D eigenvalue weighted by molar-refractivity contribution is 6.04. The van der Waals surface area contributed by atoms with Crippen LogP contribution in [0.4, 0.5) is 0 Å². The molecule has 0 fully saturated rings. The summed E-state index contributed by atoms with van der Waals surface area (Å²) >= 11 is 0. The first-order chi connectivity index (χ1) is 9.80. The van der Waals surface area contributed by atoms with Crippen LogP contribution < -0.4 is 17.1 Å². The summed E-state index contributed by atoms with van der Waals surface area (Å²) in [4.78, 5) is 0. The topological polar surface area (TPSA) is 76.4 Å². The van der Waals surface area contributed by atoms with E-state index in [-0.39, 0.29) is 0 Å². The fraction of sp³-hybridized carbons (Fsp3) is 0.188. The Morgan fingerprint density at radius 3 is 2.40 bits per heavy atom. The molecule has 0 unspecified atom stereocenters. The predicted octanol–water partition coefficient (Wildman–Crippen LogP) is 2.39. The van der Waals surface area contributed by atoms with Crippen molar-refractivity contribution in [2.45, 2.75) is 19.8 Å². The van der Waals surface area contributed by atoms with Crippen LogP contribution >= 0.6 is 0 Å². The van der Waals surface area contributed by atoms with Crippen molar-refractivity contribution in [2.75, 3.05) is 0 Å². The third-order valence-corrected chi connectivity index (χ3v) is 3.25. The Morgan fingerprint density at radius 1 is 1.10 bits per heavy atom. The van der Waals surface area contributed by atoms with Crippen molar-refractivity contribution in [2.24, 2.45) is 16.8 Å². The van der Waals surface area contributed by atoms with Crippen LogP contribution in [0.15, 0.2) is 53.6 Å². The summed E-state index contributed by atoms with van der Waals surface area (Å²) in [5.74, 6) is 11.3. The van der Waals surface area contributed by atoms with E-state index in [4.69, 9.17) is 11.7 Å². The van der Waals surface area contributed by atoms with E-state index < -0.39 is 0 Å². The van der Waals surface area contributed by atoms with Gasteiger partial charge in [-0.05, 0) is 23.1 Å². The van der Waals surface area contributed by atoms with Crippen molar-refractivity contribution in [3.05, 3.63) is 59.7 Å². The van der Waals surface area contributed by atoms with E-state index in [0.717, 1.165) is 29.5 Å². The van der Waals surface area contributed by atoms with Crippen molar-refractivity contribution < 1.29 is 0 Å². The average Bonchev–Trinajstić information content (AvgIpc) is 2.50. The molecule has 0 saturated carbocycles. The molecule has 2 rings (SSSR count). The molecule has 0 heterocycles. The molecule has 5 N–H and O–H groups in total. The zero-order valence-electron chi connectivity index (χ0n) is 11.6. The number of hydrazine groups is 1. The lowest BCUT2D eigenvalue weighted by atomic mass is 9.97. The normalized spacial score (nSPS) is 11.4. The number of rotatable bonds is 4. The van der Waals surface area contributed by atoms with E-state index in [9.17, 15) is 0 Å². The van der Waals surface area contributed by atoms with E-state index in [1.165, 1.54) is 5.56 Å². The Labute approximate surface area is 119 Å². The van der Waals surface area contributed by atoms with Crippen LogP contribution in [0.3, 0.4) is 0 Å². The number of nitrogens with one attached hydrogen (secondary N) is 1. The van der Waals surface area contributed by atoms with Crippen LogP contribution in [0, 0.1) is 0 Å². The molecule has 0 spiro atoms. The number of benzene rings is 2. The number of nitrogens with two attached hydrogens (primary N) is 2. The van der Waals surface area contributed by atoms with Crippen LogP contribution in [0.5, 0.6) is 0 Å². The summed E-state index contributed by atoms with van der Waals surface area (Å²) in [5, 5.41) is 3.69. The monoisotopic (exact) mass is 268 g/mol. The SMILES string of the molecule is CCCc1ccc(-c2ccccc2/C(=N/N)NN)cc1. The average molecular weight is 268 g/mol. The van der Waals surface area contributed by atoms with Gasteiger partial charge in [-0.2, -0.15) is 5.10 Å². The minimum absolute atomic E-state index is 0.471. The fourth-order valence-electron chi connectivity index (χ4n) is 2.27. The largest absolute Gasteiger partial charge is 0.321 e. The molecule has 0 atom stereocenters. The second-order valence-electron chi connectivity index (χ2n) is 4.61. The minimum atomic E-state index is 0.471. The molecule has 4 nitrogen and oxygen atoms in total. The van der Waals surface area contributed by atoms with Gasteiger partial charge in [-0.25, -0.2) is 5.84 Å². The molecule has 0 aromatic heterocycles. The summed E-state index contributed by atoms with van der Waals surface area (Å²) in [7, 11) is 0.